The fraction of sp³-hybridized carbons (Fsp3) is 0.143. The highest BCUT2D eigenvalue weighted by atomic mass is 16.2. The number of aromatic nitrogens is 2. The molecule has 2 amide bonds. The van der Waals surface area contributed by atoms with Gasteiger partial charge in [-0.25, -0.2) is 9.97 Å². The van der Waals surface area contributed by atoms with Crippen LogP contribution in [0.2, 0.25) is 0 Å². The van der Waals surface area contributed by atoms with Crippen molar-refractivity contribution in [3.05, 3.63) is 82.7 Å². The molecule has 0 radical (unpaired) electrons. The van der Waals surface area contributed by atoms with Crippen LogP contribution in [0.3, 0.4) is 0 Å². The lowest BCUT2D eigenvalue weighted by Gasteiger charge is -2.09. The van der Waals surface area contributed by atoms with Crippen molar-refractivity contribution in [2.75, 3.05) is 5.32 Å². The molecule has 7 nitrogen and oxygen atoms in total. The summed E-state index contributed by atoms with van der Waals surface area (Å²) >= 11 is 0. The monoisotopic (exact) mass is 375 g/mol. The van der Waals surface area contributed by atoms with Crippen molar-refractivity contribution < 1.29 is 9.59 Å². The summed E-state index contributed by atoms with van der Waals surface area (Å²) in [6.07, 6.45) is 0. The summed E-state index contributed by atoms with van der Waals surface area (Å²) in [4.78, 5) is 32.3. The molecule has 1 heterocycles. The molecule has 0 saturated carbocycles. The number of hydrogen-bond acceptors (Lipinski definition) is 5. The molecule has 2 aromatic carbocycles. The van der Waals surface area contributed by atoms with E-state index in [0.29, 0.717) is 23.6 Å². The second kappa shape index (κ2) is 8.30. The van der Waals surface area contributed by atoms with E-state index >= 15 is 0 Å². The molecule has 0 unspecified atom stereocenters. The Hall–Kier alpha value is -3.74. The van der Waals surface area contributed by atoms with Crippen molar-refractivity contribution >= 4 is 23.5 Å². The minimum absolute atomic E-state index is 0.205. The maximum atomic E-state index is 12.5. The maximum Gasteiger partial charge on any atom is 0.251 e. The van der Waals surface area contributed by atoms with Crippen LogP contribution in [0, 0.1) is 13.8 Å². The second-order valence-electron chi connectivity index (χ2n) is 6.42. The SMILES string of the molecule is Cc1cc(C)nc(Nc2cccc(C(=O)NCc3ccc(C(N)=O)cc3)c2)n1. The molecule has 0 spiro atoms. The van der Waals surface area contributed by atoms with Gasteiger partial charge in [-0.05, 0) is 55.8 Å². The van der Waals surface area contributed by atoms with Gasteiger partial charge in [0.15, 0.2) is 0 Å². The van der Waals surface area contributed by atoms with Crippen LogP contribution in [0.1, 0.15) is 37.7 Å². The number of nitrogens with zero attached hydrogens (tertiary/aromatic N) is 2. The van der Waals surface area contributed by atoms with Gasteiger partial charge in [-0.2, -0.15) is 0 Å². The predicted octanol–water partition coefficient (Wildman–Crippen LogP) is 2.87. The third kappa shape index (κ3) is 4.91. The smallest absolute Gasteiger partial charge is 0.251 e. The van der Waals surface area contributed by atoms with Crippen LogP contribution in [0.5, 0.6) is 0 Å². The molecule has 3 aromatic rings. The number of carbonyl (C=O) groups excluding carboxylic acids is 2. The lowest BCUT2D eigenvalue weighted by Crippen LogP contribution is -2.23. The molecule has 4 N–H and O–H groups in total. The lowest BCUT2D eigenvalue weighted by atomic mass is 10.1. The zero-order chi connectivity index (χ0) is 20.1. The summed E-state index contributed by atoms with van der Waals surface area (Å²) in [5.41, 5.74) is 9.50. The van der Waals surface area contributed by atoms with Gasteiger partial charge in [0, 0.05) is 34.7 Å². The Balaban J connectivity index is 1.65. The van der Waals surface area contributed by atoms with E-state index < -0.39 is 5.91 Å². The predicted molar refractivity (Wildman–Crippen MR) is 107 cm³/mol. The molecule has 0 aliphatic rings. The number of amides is 2. The minimum Gasteiger partial charge on any atom is -0.366 e. The lowest BCUT2D eigenvalue weighted by molar-refractivity contribution is 0.0949. The van der Waals surface area contributed by atoms with Gasteiger partial charge in [-0.15, -0.1) is 0 Å². The molecule has 28 heavy (non-hydrogen) atoms. The van der Waals surface area contributed by atoms with Gasteiger partial charge < -0.3 is 16.4 Å². The minimum atomic E-state index is -0.479. The van der Waals surface area contributed by atoms with E-state index in [-0.39, 0.29) is 5.91 Å². The van der Waals surface area contributed by atoms with Crippen molar-refractivity contribution in [1.82, 2.24) is 15.3 Å². The average molecular weight is 375 g/mol. The van der Waals surface area contributed by atoms with E-state index in [0.717, 1.165) is 22.6 Å². The Bertz CT molecular complexity index is 995. The Morgan fingerprint density at radius 2 is 1.61 bits per heavy atom. The first-order valence-corrected chi connectivity index (χ1v) is 8.77. The number of rotatable bonds is 6. The third-order valence-electron chi connectivity index (χ3n) is 4.05. The molecule has 0 bridgehead atoms. The third-order valence-corrected chi connectivity index (χ3v) is 4.05. The highest BCUT2D eigenvalue weighted by Gasteiger charge is 2.08. The molecular weight excluding hydrogens is 354 g/mol. The molecular formula is C21H21N5O2. The van der Waals surface area contributed by atoms with Crippen LogP contribution in [-0.2, 0) is 6.54 Å². The second-order valence-corrected chi connectivity index (χ2v) is 6.42. The standard InChI is InChI=1S/C21H21N5O2/c1-13-10-14(2)25-21(24-13)26-18-5-3-4-17(11-18)20(28)23-12-15-6-8-16(9-7-15)19(22)27/h3-11H,12H2,1-2H3,(H2,22,27)(H,23,28)(H,24,25,26). The van der Waals surface area contributed by atoms with E-state index in [9.17, 15) is 9.59 Å². The van der Waals surface area contributed by atoms with Crippen LogP contribution in [0.25, 0.3) is 0 Å². The normalized spacial score (nSPS) is 10.4. The Kier molecular flexibility index (Phi) is 5.64. The first kappa shape index (κ1) is 19.0. The Labute approximate surface area is 163 Å². The Morgan fingerprint density at radius 1 is 0.929 bits per heavy atom. The number of aryl methyl sites for hydroxylation is 2. The van der Waals surface area contributed by atoms with Gasteiger partial charge in [0.1, 0.15) is 0 Å². The Morgan fingerprint density at radius 3 is 2.25 bits per heavy atom. The zero-order valence-corrected chi connectivity index (χ0v) is 15.7. The largest absolute Gasteiger partial charge is 0.366 e. The highest BCUT2D eigenvalue weighted by molar-refractivity contribution is 5.95. The summed E-state index contributed by atoms with van der Waals surface area (Å²) in [5.74, 6) is -0.193. The number of nitrogens with one attached hydrogen (secondary N) is 2. The van der Waals surface area contributed by atoms with Gasteiger partial charge in [-0.3, -0.25) is 9.59 Å². The first-order chi connectivity index (χ1) is 13.4. The first-order valence-electron chi connectivity index (χ1n) is 8.77. The molecule has 0 aliphatic carbocycles. The van der Waals surface area contributed by atoms with E-state index in [1.54, 1.807) is 42.5 Å². The van der Waals surface area contributed by atoms with E-state index in [1.165, 1.54) is 0 Å². The van der Waals surface area contributed by atoms with Crippen molar-refractivity contribution in [2.24, 2.45) is 5.73 Å². The van der Waals surface area contributed by atoms with Crippen LogP contribution in [0.15, 0.2) is 54.6 Å². The van der Waals surface area contributed by atoms with Gasteiger partial charge in [0.2, 0.25) is 11.9 Å². The van der Waals surface area contributed by atoms with Gasteiger partial charge in [0.05, 0.1) is 0 Å². The molecule has 0 atom stereocenters. The van der Waals surface area contributed by atoms with Crippen molar-refractivity contribution in [2.45, 2.75) is 20.4 Å². The van der Waals surface area contributed by atoms with Crippen molar-refractivity contribution in [3.63, 3.8) is 0 Å². The van der Waals surface area contributed by atoms with E-state index in [1.807, 2.05) is 26.0 Å². The fourth-order valence-corrected chi connectivity index (χ4v) is 2.72. The number of primary amides is 1. The summed E-state index contributed by atoms with van der Waals surface area (Å²) in [5, 5.41) is 5.98. The van der Waals surface area contributed by atoms with Crippen molar-refractivity contribution in [3.8, 4) is 0 Å². The molecule has 142 valence electrons. The highest BCUT2D eigenvalue weighted by Crippen LogP contribution is 2.16. The van der Waals surface area contributed by atoms with Gasteiger partial charge in [-0.1, -0.05) is 18.2 Å². The number of hydrogen-bond donors (Lipinski definition) is 3. The molecule has 0 aliphatic heterocycles. The summed E-state index contributed by atoms with van der Waals surface area (Å²) in [6.45, 7) is 4.15. The van der Waals surface area contributed by atoms with Crippen LogP contribution >= 0.6 is 0 Å². The summed E-state index contributed by atoms with van der Waals surface area (Å²) < 4.78 is 0. The van der Waals surface area contributed by atoms with Crippen LogP contribution < -0.4 is 16.4 Å². The average Bonchev–Trinajstić information content (AvgIpc) is 2.66. The van der Waals surface area contributed by atoms with Crippen molar-refractivity contribution in [1.29, 1.82) is 0 Å². The number of anilines is 2. The number of nitrogens with two attached hydrogens (primary N) is 1. The number of carbonyl (C=O) groups is 2. The van der Waals surface area contributed by atoms with Crippen LogP contribution in [-0.4, -0.2) is 21.8 Å². The molecule has 0 fully saturated rings. The van der Waals surface area contributed by atoms with Crippen LogP contribution in [0.4, 0.5) is 11.6 Å². The van der Waals surface area contributed by atoms with E-state index in [4.69, 9.17) is 5.73 Å². The number of benzene rings is 2. The topological polar surface area (TPSA) is 110 Å². The molecule has 7 heteroatoms. The van der Waals surface area contributed by atoms with E-state index in [2.05, 4.69) is 20.6 Å². The quantitative estimate of drug-likeness (QED) is 0.614. The zero-order valence-electron chi connectivity index (χ0n) is 15.7. The molecule has 1 aromatic heterocycles. The van der Waals surface area contributed by atoms with Gasteiger partial charge in [0.25, 0.3) is 5.91 Å². The summed E-state index contributed by atoms with van der Waals surface area (Å²) in [7, 11) is 0. The summed E-state index contributed by atoms with van der Waals surface area (Å²) in [6, 6.07) is 15.8. The molecule has 3 rings (SSSR count). The maximum absolute atomic E-state index is 12.5. The fourth-order valence-electron chi connectivity index (χ4n) is 2.72. The van der Waals surface area contributed by atoms with Gasteiger partial charge >= 0.3 is 0 Å². The molecule has 0 saturated heterocycles.